The number of Topliss-reactive ketones (excluding diaryl/α,β-unsaturated/α-hetero) is 1. The number of halogens is 2. The largest absolute Gasteiger partial charge is 0.372 e. The summed E-state index contributed by atoms with van der Waals surface area (Å²) in [5, 5.41) is 5.77. The maximum absolute atomic E-state index is 12.3. The molecule has 148 valence electrons. The van der Waals surface area contributed by atoms with Crippen LogP contribution in [0.15, 0.2) is 24.4 Å². The first-order chi connectivity index (χ1) is 13.5. The predicted molar refractivity (Wildman–Crippen MR) is 109 cm³/mol. The predicted octanol–water partition coefficient (Wildman–Crippen LogP) is 5.58. The van der Waals surface area contributed by atoms with Gasteiger partial charge in [-0.2, -0.15) is 5.10 Å². The van der Waals surface area contributed by atoms with Crippen LogP contribution >= 0.6 is 23.2 Å². The highest BCUT2D eigenvalue weighted by Gasteiger charge is 2.46. The van der Waals surface area contributed by atoms with Gasteiger partial charge in [0, 0.05) is 11.8 Å². The number of carbonyl (C=O) groups excluding carboxylic acids is 1. The molecule has 0 unspecified atom stereocenters. The number of hydrogen-bond donors (Lipinski definition) is 0. The lowest BCUT2D eigenvalue weighted by Gasteiger charge is -2.27. The third kappa shape index (κ3) is 3.20. The van der Waals surface area contributed by atoms with Crippen molar-refractivity contribution in [2.24, 2.45) is 17.8 Å². The average Bonchev–Trinajstić information content (AvgIpc) is 3.40. The van der Waals surface area contributed by atoms with Crippen molar-refractivity contribution in [2.75, 3.05) is 0 Å². The van der Waals surface area contributed by atoms with Crippen molar-refractivity contribution in [3.05, 3.63) is 45.7 Å². The van der Waals surface area contributed by atoms with E-state index in [0.29, 0.717) is 40.0 Å². The van der Waals surface area contributed by atoms with Crippen molar-refractivity contribution >= 4 is 29.0 Å². The first kappa shape index (κ1) is 18.7. The average molecular weight is 419 g/mol. The molecule has 0 radical (unpaired) electrons. The van der Waals surface area contributed by atoms with Gasteiger partial charge in [0.15, 0.2) is 0 Å². The lowest BCUT2D eigenvalue weighted by Crippen LogP contribution is -2.32. The lowest BCUT2D eigenvalue weighted by atomic mass is 9.84. The van der Waals surface area contributed by atoms with Crippen molar-refractivity contribution in [1.29, 1.82) is 0 Å². The topological polar surface area (TPSA) is 44.1 Å². The standard InChI is InChI=1S/C22H24Cl2N2O2/c1-12-7-14-8-15(9-16(12)22(14)27)28-11-20-17(13-5-6-13)10-25-26(20)21-18(23)3-2-4-19(21)24/h2-4,10,12-16H,5-9,11H2,1H3/t12-,14+,15+,16+/m0/s1. The Kier molecular flexibility index (Phi) is 4.77. The van der Waals surface area contributed by atoms with Crippen molar-refractivity contribution in [2.45, 2.75) is 57.7 Å². The minimum absolute atomic E-state index is 0.134. The van der Waals surface area contributed by atoms with Crippen LogP contribution in [0.1, 0.15) is 56.2 Å². The Balaban J connectivity index is 1.41. The quantitative estimate of drug-likeness (QED) is 0.636. The normalized spacial score (nSPS) is 29.5. The van der Waals surface area contributed by atoms with E-state index < -0.39 is 0 Å². The third-order valence-corrected chi connectivity index (χ3v) is 7.31. The van der Waals surface area contributed by atoms with Crippen LogP contribution in [0.4, 0.5) is 0 Å². The Morgan fingerprint density at radius 1 is 1.14 bits per heavy atom. The zero-order valence-corrected chi connectivity index (χ0v) is 17.4. The molecule has 2 aromatic rings. The number of ketones is 1. The van der Waals surface area contributed by atoms with Crippen LogP contribution in [0.2, 0.25) is 10.0 Å². The van der Waals surface area contributed by atoms with Crippen LogP contribution in [-0.2, 0) is 16.1 Å². The molecule has 4 atom stereocenters. The van der Waals surface area contributed by atoms with Gasteiger partial charge >= 0.3 is 0 Å². The fourth-order valence-corrected chi connectivity index (χ4v) is 5.61. The zero-order valence-electron chi connectivity index (χ0n) is 15.9. The second kappa shape index (κ2) is 7.16. The molecule has 3 saturated carbocycles. The van der Waals surface area contributed by atoms with Crippen molar-refractivity contribution < 1.29 is 9.53 Å². The number of nitrogens with zero attached hydrogens (tertiary/aromatic N) is 2. The van der Waals surface area contributed by atoms with E-state index >= 15 is 0 Å². The molecule has 5 rings (SSSR count). The second-order valence-corrected chi connectivity index (χ2v) is 9.44. The summed E-state index contributed by atoms with van der Waals surface area (Å²) in [6, 6.07) is 5.50. The number of benzene rings is 1. The fraction of sp³-hybridized carbons (Fsp3) is 0.545. The summed E-state index contributed by atoms with van der Waals surface area (Å²) < 4.78 is 8.22. The van der Waals surface area contributed by atoms with Gasteiger partial charge in [0.25, 0.3) is 0 Å². The minimum atomic E-state index is 0.134. The molecule has 2 bridgehead atoms. The molecule has 3 aliphatic carbocycles. The van der Waals surface area contributed by atoms with E-state index in [1.54, 1.807) is 0 Å². The number of carbonyl (C=O) groups is 1. The number of para-hydroxylation sites is 1. The SMILES string of the molecule is C[C@H]1C[C@@H]2C[C@@H](OCc3c(C4CC4)cnn3-c3c(Cl)cccc3Cl)C[C@H]1C2=O. The Bertz CT molecular complexity index is 901. The molecular weight excluding hydrogens is 395 g/mol. The molecule has 1 aromatic heterocycles. The number of aromatic nitrogens is 2. The summed E-state index contributed by atoms with van der Waals surface area (Å²) in [5.74, 6) is 1.86. The molecule has 0 spiro atoms. The van der Waals surface area contributed by atoms with E-state index in [4.69, 9.17) is 27.9 Å². The van der Waals surface area contributed by atoms with Gasteiger partial charge in [0.05, 0.1) is 34.6 Å². The summed E-state index contributed by atoms with van der Waals surface area (Å²) in [4.78, 5) is 12.3. The van der Waals surface area contributed by atoms with Gasteiger partial charge in [-0.15, -0.1) is 0 Å². The number of fused-ring (bicyclic) bond motifs is 2. The van der Waals surface area contributed by atoms with Crippen molar-refractivity contribution in [3.8, 4) is 5.69 Å². The van der Waals surface area contributed by atoms with E-state index in [1.807, 2.05) is 29.1 Å². The number of ether oxygens (including phenoxy) is 1. The van der Waals surface area contributed by atoms with E-state index in [1.165, 1.54) is 18.4 Å². The Hall–Kier alpha value is -1.36. The van der Waals surface area contributed by atoms with E-state index in [0.717, 1.165) is 25.0 Å². The highest BCUT2D eigenvalue weighted by molar-refractivity contribution is 6.37. The maximum Gasteiger partial charge on any atom is 0.139 e. The molecule has 1 heterocycles. The van der Waals surface area contributed by atoms with Crippen LogP contribution in [0.3, 0.4) is 0 Å². The first-order valence-electron chi connectivity index (χ1n) is 10.2. The summed E-state index contributed by atoms with van der Waals surface area (Å²) in [5.41, 5.74) is 2.98. The van der Waals surface area contributed by atoms with Gasteiger partial charge < -0.3 is 4.74 Å². The summed E-state index contributed by atoms with van der Waals surface area (Å²) in [6.07, 6.45) is 7.16. The van der Waals surface area contributed by atoms with Gasteiger partial charge in [0.1, 0.15) is 11.5 Å². The van der Waals surface area contributed by atoms with Crippen molar-refractivity contribution in [3.63, 3.8) is 0 Å². The van der Waals surface area contributed by atoms with Gasteiger partial charge in [-0.3, -0.25) is 4.79 Å². The van der Waals surface area contributed by atoms with Crippen molar-refractivity contribution in [1.82, 2.24) is 9.78 Å². The van der Waals surface area contributed by atoms with Gasteiger partial charge in [-0.1, -0.05) is 36.2 Å². The number of rotatable bonds is 5. The van der Waals surface area contributed by atoms with Crippen LogP contribution in [0.5, 0.6) is 0 Å². The molecule has 6 heteroatoms. The molecule has 3 fully saturated rings. The van der Waals surface area contributed by atoms with E-state index in [2.05, 4.69) is 12.0 Å². The molecule has 3 aliphatic rings. The Morgan fingerprint density at radius 2 is 1.89 bits per heavy atom. The maximum atomic E-state index is 12.3. The Morgan fingerprint density at radius 3 is 2.57 bits per heavy atom. The Labute approximate surface area is 175 Å². The van der Waals surface area contributed by atoms with Crippen LogP contribution in [-0.4, -0.2) is 21.7 Å². The number of hydrogen-bond acceptors (Lipinski definition) is 3. The minimum Gasteiger partial charge on any atom is -0.372 e. The lowest BCUT2D eigenvalue weighted by molar-refractivity contribution is -0.130. The first-order valence-corrected chi connectivity index (χ1v) is 10.9. The van der Waals surface area contributed by atoms with Crippen LogP contribution in [0.25, 0.3) is 5.69 Å². The van der Waals surface area contributed by atoms with Gasteiger partial charge in [0.2, 0.25) is 0 Å². The zero-order chi connectivity index (χ0) is 19.4. The molecular formula is C22H24Cl2N2O2. The summed E-state index contributed by atoms with van der Waals surface area (Å²) in [6.45, 7) is 2.67. The second-order valence-electron chi connectivity index (χ2n) is 8.63. The van der Waals surface area contributed by atoms with Gasteiger partial charge in [-0.25, -0.2) is 4.68 Å². The molecule has 4 nitrogen and oxygen atoms in total. The smallest absolute Gasteiger partial charge is 0.139 e. The molecule has 0 amide bonds. The molecule has 0 aliphatic heterocycles. The highest BCUT2D eigenvalue weighted by Crippen LogP contribution is 2.45. The molecule has 0 N–H and O–H groups in total. The molecule has 1 aromatic carbocycles. The highest BCUT2D eigenvalue weighted by atomic mass is 35.5. The third-order valence-electron chi connectivity index (χ3n) is 6.70. The summed E-state index contributed by atoms with van der Waals surface area (Å²) in [7, 11) is 0. The molecule has 0 saturated heterocycles. The monoisotopic (exact) mass is 418 g/mol. The van der Waals surface area contributed by atoms with E-state index in [9.17, 15) is 4.79 Å². The van der Waals surface area contributed by atoms with Crippen LogP contribution in [0, 0.1) is 17.8 Å². The fourth-order valence-electron chi connectivity index (χ4n) is 5.05. The van der Waals surface area contributed by atoms with Crippen LogP contribution < -0.4 is 0 Å². The molecule has 28 heavy (non-hydrogen) atoms. The van der Waals surface area contributed by atoms with E-state index in [-0.39, 0.29) is 17.9 Å². The summed E-state index contributed by atoms with van der Waals surface area (Å²) >= 11 is 12.9. The van der Waals surface area contributed by atoms with Gasteiger partial charge in [-0.05, 0) is 61.6 Å².